The molecule has 7 heteroatoms. The van der Waals surface area contributed by atoms with Crippen LogP contribution in [0.2, 0.25) is 0 Å². The van der Waals surface area contributed by atoms with E-state index in [2.05, 4.69) is 57.8 Å². The Kier molecular flexibility index (Phi) is 4.40. The van der Waals surface area contributed by atoms with Gasteiger partial charge in [-0.3, -0.25) is 4.90 Å². The summed E-state index contributed by atoms with van der Waals surface area (Å²) < 4.78 is 6.59. The molecule has 0 amide bonds. The summed E-state index contributed by atoms with van der Waals surface area (Å²) in [5, 5.41) is 4.14. The Bertz CT molecular complexity index is 815. The van der Waals surface area contributed by atoms with E-state index in [1.807, 2.05) is 24.0 Å². The topological polar surface area (TPSA) is 43.8 Å². The highest BCUT2D eigenvalue weighted by Crippen LogP contribution is 2.20. The predicted molar refractivity (Wildman–Crippen MR) is 91.8 cm³/mol. The number of rotatable bonds is 5. The van der Waals surface area contributed by atoms with Crippen LogP contribution in [-0.4, -0.2) is 35.8 Å². The van der Waals surface area contributed by atoms with Crippen LogP contribution in [0.15, 0.2) is 49.3 Å². The summed E-state index contributed by atoms with van der Waals surface area (Å²) in [7, 11) is 4.07. The second-order valence-electron chi connectivity index (χ2n) is 5.67. The molecule has 1 atom stereocenters. The first-order valence-corrected chi connectivity index (χ1v) is 7.84. The minimum atomic E-state index is 0.280. The summed E-state index contributed by atoms with van der Waals surface area (Å²) in [4.78, 5) is 6.23. The van der Waals surface area contributed by atoms with Crippen LogP contribution >= 0.6 is 12.2 Å². The number of imidazole rings is 1. The maximum Gasteiger partial charge on any atom is 0.180 e. The number of hydrogen-bond donors (Lipinski definition) is 0. The molecule has 3 rings (SSSR count). The van der Waals surface area contributed by atoms with E-state index >= 15 is 0 Å². The van der Waals surface area contributed by atoms with E-state index in [-0.39, 0.29) is 6.04 Å². The summed E-state index contributed by atoms with van der Waals surface area (Å²) in [5.41, 5.74) is 2.25. The molecule has 0 aliphatic heterocycles. The molecule has 0 N–H and O–H groups in total. The van der Waals surface area contributed by atoms with E-state index in [0.29, 0.717) is 0 Å². The van der Waals surface area contributed by atoms with Crippen LogP contribution < -0.4 is 0 Å². The van der Waals surface area contributed by atoms with Crippen molar-refractivity contribution in [2.75, 3.05) is 7.05 Å². The van der Waals surface area contributed by atoms with Crippen LogP contribution in [0.5, 0.6) is 0 Å². The summed E-state index contributed by atoms with van der Waals surface area (Å²) in [6.45, 7) is 2.95. The van der Waals surface area contributed by atoms with Gasteiger partial charge in [0.15, 0.2) is 4.77 Å². The zero-order valence-corrected chi connectivity index (χ0v) is 14.3. The minimum Gasteiger partial charge on any atom is -0.327 e. The minimum absolute atomic E-state index is 0.280. The third kappa shape index (κ3) is 3.25. The number of aryl methyl sites for hydroxylation is 1. The van der Waals surface area contributed by atoms with Crippen molar-refractivity contribution in [2.45, 2.75) is 19.6 Å². The molecule has 3 aromatic rings. The fourth-order valence-corrected chi connectivity index (χ4v) is 2.66. The molecule has 0 aliphatic rings. The van der Waals surface area contributed by atoms with Crippen LogP contribution in [-0.2, 0) is 13.7 Å². The Labute approximate surface area is 140 Å². The van der Waals surface area contributed by atoms with Gasteiger partial charge in [-0.15, -0.1) is 0 Å². The van der Waals surface area contributed by atoms with Gasteiger partial charge in [0.2, 0.25) is 0 Å². The monoisotopic (exact) mass is 328 g/mol. The molecule has 0 spiro atoms. The van der Waals surface area contributed by atoms with E-state index in [4.69, 9.17) is 12.2 Å². The van der Waals surface area contributed by atoms with Gasteiger partial charge in [-0.25, -0.2) is 9.67 Å². The maximum atomic E-state index is 5.39. The van der Waals surface area contributed by atoms with Crippen molar-refractivity contribution in [3.8, 4) is 5.69 Å². The Morgan fingerprint density at radius 1 is 1.22 bits per heavy atom. The molecule has 120 valence electrons. The van der Waals surface area contributed by atoms with E-state index in [9.17, 15) is 0 Å². The quantitative estimate of drug-likeness (QED) is 0.676. The Balaban J connectivity index is 1.73. The van der Waals surface area contributed by atoms with Gasteiger partial charge in [0.25, 0.3) is 0 Å². The zero-order valence-electron chi connectivity index (χ0n) is 13.5. The number of aromatic nitrogens is 5. The molecule has 2 heterocycles. The fraction of sp³-hybridized carbons (Fsp3) is 0.312. The van der Waals surface area contributed by atoms with Gasteiger partial charge < -0.3 is 9.13 Å². The lowest BCUT2D eigenvalue weighted by Crippen LogP contribution is -2.25. The summed E-state index contributed by atoms with van der Waals surface area (Å²) in [5.74, 6) is 0. The van der Waals surface area contributed by atoms with Gasteiger partial charge in [-0.05, 0) is 43.9 Å². The molecule has 0 unspecified atom stereocenters. The standard InChI is InChI=1S/C16H20N6S/c1-13(20(3)12-21-9-8-19(2)16(21)23)14-4-6-15(7-5-14)22-11-17-10-18-22/h4-11,13H,12H2,1-3H3/t13-/m1/s1. The van der Waals surface area contributed by atoms with E-state index < -0.39 is 0 Å². The molecule has 6 nitrogen and oxygen atoms in total. The van der Waals surface area contributed by atoms with E-state index in [0.717, 1.165) is 17.1 Å². The first-order valence-electron chi connectivity index (χ1n) is 7.43. The molecule has 1 aromatic carbocycles. The lowest BCUT2D eigenvalue weighted by atomic mass is 10.1. The van der Waals surface area contributed by atoms with Crippen molar-refractivity contribution >= 4 is 12.2 Å². The predicted octanol–water partition coefficient (Wildman–Crippen LogP) is 2.79. The highest BCUT2D eigenvalue weighted by Gasteiger charge is 2.12. The lowest BCUT2D eigenvalue weighted by Gasteiger charge is -2.25. The summed E-state index contributed by atoms with van der Waals surface area (Å²) >= 11 is 5.39. The molecule has 0 saturated carbocycles. The van der Waals surface area contributed by atoms with Gasteiger partial charge in [0.1, 0.15) is 12.7 Å². The van der Waals surface area contributed by atoms with Crippen molar-refractivity contribution in [3.05, 3.63) is 59.6 Å². The Hall–Kier alpha value is -2.25. The van der Waals surface area contributed by atoms with Gasteiger partial charge in [0.05, 0.1) is 12.4 Å². The van der Waals surface area contributed by atoms with Crippen LogP contribution in [0.3, 0.4) is 0 Å². The average molecular weight is 328 g/mol. The lowest BCUT2D eigenvalue weighted by molar-refractivity contribution is 0.205. The third-order valence-electron chi connectivity index (χ3n) is 4.11. The third-order valence-corrected chi connectivity index (χ3v) is 4.64. The molecule has 0 radical (unpaired) electrons. The summed E-state index contributed by atoms with van der Waals surface area (Å²) in [6.07, 6.45) is 7.22. The molecule has 0 aliphatic carbocycles. The highest BCUT2D eigenvalue weighted by molar-refractivity contribution is 7.71. The molecule has 23 heavy (non-hydrogen) atoms. The van der Waals surface area contributed by atoms with Gasteiger partial charge >= 0.3 is 0 Å². The smallest absolute Gasteiger partial charge is 0.180 e. The van der Waals surface area contributed by atoms with E-state index in [1.165, 1.54) is 11.9 Å². The van der Waals surface area contributed by atoms with Crippen molar-refractivity contribution in [3.63, 3.8) is 0 Å². The van der Waals surface area contributed by atoms with Crippen molar-refractivity contribution in [1.82, 2.24) is 28.8 Å². The molecular formula is C16H20N6S. The van der Waals surface area contributed by atoms with Crippen LogP contribution in [0, 0.1) is 4.77 Å². The Morgan fingerprint density at radius 2 is 1.96 bits per heavy atom. The molecule has 0 saturated heterocycles. The Morgan fingerprint density at radius 3 is 2.52 bits per heavy atom. The van der Waals surface area contributed by atoms with Crippen LogP contribution in [0.1, 0.15) is 18.5 Å². The SMILES string of the molecule is C[C@H](c1ccc(-n2cncn2)cc1)N(C)Cn1ccn(C)c1=S. The van der Waals surface area contributed by atoms with Gasteiger partial charge in [-0.2, -0.15) is 5.10 Å². The number of nitrogens with zero attached hydrogens (tertiary/aromatic N) is 6. The first kappa shape index (κ1) is 15.6. The summed E-state index contributed by atoms with van der Waals surface area (Å²) in [6, 6.07) is 8.65. The van der Waals surface area contributed by atoms with Crippen LogP contribution in [0.4, 0.5) is 0 Å². The number of hydrogen-bond acceptors (Lipinski definition) is 4. The number of benzene rings is 1. The van der Waals surface area contributed by atoms with E-state index in [1.54, 1.807) is 11.0 Å². The van der Waals surface area contributed by atoms with Crippen LogP contribution in [0.25, 0.3) is 5.69 Å². The average Bonchev–Trinajstić information content (AvgIpc) is 3.20. The fourth-order valence-electron chi connectivity index (χ4n) is 2.48. The molecule has 2 aromatic heterocycles. The second-order valence-corrected chi connectivity index (χ2v) is 6.03. The molecule has 0 bridgehead atoms. The van der Waals surface area contributed by atoms with Crippen molar-refractivity contribution in [1.29, 1.82) is 0 Å². The van der Waals surface area contributed by atoms with Crippen molar-refractivity contribution < 1.29 is 0 Å². The highest BCUT2D eigenvalue weighted by atomic mass is 32.1. The zero-order chi connectivity index (χ0) is 16.4. The van der Waals surface area contributed by atoms with Gasteiger partial charge in [-0.1, -0.05) is 12.1 Å². The van der Waals surface area contributed by atoms with Crippen molar-refractivity contribution in [2.24, 2.45) is 7.05 Å². The molecule has 0 fully saturated rings. The molecular weight excluding hydrogens is 308 g/mol. The normalized spacial score (nSPS) is 12.7. The largest absolute Gasteiger partial charge is 0.327 e. The maximum absolute atomic E-state index is 5.39. The first-order chi connectivity index (χ1) is 11.1. The van der Waals surface area contributed by atoms with Gasteiger partial charge in [0, 0.05) is 25.5 Å². The second kappa shape index (κ2) is 6.47.